The van der Waals surface area contributed by atoms with Gasteiger partial charge < -0.3 is 10.6 Å². The van der Waals surface area contributed by atoms with Gasteiger partial charge in [0.15, 0.2) is 0 Å². The number of hydrogen-bond acceptors (Lipinski definition) is 3. The maximum absolute atomic E-state index is 13.2. The zero-order valence-corrected chi connectivity index (χ0v) is 19.6. The second kappa shape index (κ2) is 9.21. The van der Waals surface area contributed by atoms with Gasteiger partial charge in [-0.3, -0.25) is 4.79 Å². The molecule has 0 aliphatic heterocycles. The number of carbonyl (C=O) groups excluding carboxylic acids is 1. The highest BCUT2D eigenvalue weighted by Gasteiger charge is 2.30. The van der Waals surface area contributed by atoms with Crippen molar-refractivity contribution in [1.82, 2.24) is 0 Å². The van der Waals surface area contributed by atoms with Crippen LogP contribution in [0.25, 0.3) is 6.08 Å². The van der Waals surface area contributed by atoms with E-state index in [1.807, 2.05) is 84.9 Å². The van der Waals surface area contributed by atoms with Crippen molar-refractivity contribution in [2.45, 2.75) is 6.04 Å². The Hall–Kier alpha value is -2.34. The summed E-state index contributed by atoms with van der Waals surface area (Å²) in [6, 6.07) is 22.8. The number of rotatable bonds is 5. The van der Waals surface area contributed by atoms with E-state index < -0.39 is 0 Å². The van der Waals surface area contributed by atoms with Crippen LogP contribution in [0.4, 0.5) is 11.4 Å². The van der Waals surface area contributed by atoms with Crippen molar-refractivity contribution in [3.63, 3.8) is 0 Å². The third kappa shape index (κ3) is 5.04. The fourth-order valence-corrected chi connectivity index (χ4v) is 3.81. The minimum atomic E-state index is -0.257. The van der Waals surface area contributed by atoms with Gasteiger partial charge in [-0.15, -0.1) is 0 Å². The lowest BCUT2D eigenvalue weighted by Gasteiger charge is -2.14. The van der Waals surface area contributed by atoms with E-state index >= 15 is 0 Å². The first-order valence-electron chi connectivity index (χ1n) is 9.26. The Morgan fingerprint density at radius 1 is 0.800 bits per heavy atom. The second-order valence-electron chi connectivity index (χ2n) is 6.82. The van der Waals surface area contributed by atoms with Crippen molar-refractivity contribution in [2.24, 2.45) is 0 Å². The third-order valence-corrected chi connectivity index (χ3v) is 5.97. The number of nitrogens with one attached hydrogen (secondary N) is 2. The van der Waals surface area contributed by atoms with E-state index in [2.05, 4.69) is 42.5 Å². The Bertz CT molecular complexity index is 1120. The fraction of sp³-hybridized carbons (Fsp3) is 0.0417. The lowest BCUT2D eigenvalue weighted by molar-refractivity contribution is -0.111. The zero-order chi connectivity index (χ0) is 21.1. The highest BCUT2D eigenvalue weighted by Crippen LogP contribution is 2.29. The summed E-state index contributed by atoms with van der Waals surface area (Å²) in [5, 5.41) is 7.36. The molecule has 6 heteroatoms. The Morgan fingerprint density at radius 3 is 1.97 bits per heavy atom. The van der Waals surface area contributed by atoms with Crippen LogP contribution in [-0.2, 0) is 4.79 Å². The van der Waals surface area contributed by atoms with Crippen LogP contribution in [0.2, 0.25) is 5.02 Å². The van der Waals surface area contributed by atoms with Crippen molar-refractivity contribution in [3.8, 4) is 0 Å². The van der Waals surface area contributed by atoms with E-state index in [1.165, 1.54) is 0 Å². The van der Waals surface area contributed by atoms with E-state index in [0.717, 1.165) is 25.9 Å². The lowest BCUT2D eigenvalue weighted by atomic mass is 10.0. The molecule has 3 aromatic carbocycles. The van der Waals surface area contributed by atoms with Crippen LogP contribution in [0, 0.1) is 0 Å². The minimum absolute atomic E-state index is 0.0394. The Kier molecular flexibility index (Phi) is 6.42. The summed E-state index contributed by atoms with van der Waals surface area (Å²) < 4.78 is 1.98. The first-order valence-corrected chi connectivity index (χ1v) is 11.2. The molecule has 0 saturated carbocycles. The first kappa shape index (κ1) is 20.9. The van der Waals surface area contributed by atoms with Crippen LogP contribution in [0.1, 0.15) is 5.56 Å². The van der Waals surface area contributed by atoms with Gasteiger partial charge in [-0.25, -0.2) is 0 Å². The minimum Gasteiger partial charge on any atom is -0.374 e. The quantitative estimate of drug-likeness (QED) is 0.331. The molecule has 1 atom stereocenters. The van der Waals surface area contributed by atoms with Gasteiger partial charge in [-0.2, -0.15) is 0 Å². The number of Topliss-reactive ketones (excluding diaryl/α,β-unsaturated/α-hetero) is 1. The van der Waals surface area contributed by atoms with Crippen LogP contribution in [0.3, 0.4) is 0 Å². The van der Waals surface area contributed by atoms with Crippen molar-refractivity contribution in [3.05, 3.63) is 110 Å². The van der Waals surface area contributed by atoms with Gasteiger partial charge in [0.1, 0.15) is 0 Å². The molecular formula is C24H17Br2ClN2O. The van der Waals surface area contributed by atoms with Gasteiger partial charge in [0.25, 0.3) is 0 Å². The topological polar surface area (TPSA) is 41.1 Å². The number of anilines is 2. The maximum atomic E-state index is 13.2. The number of allylic oxidation sites excluding steroid dienone is 1. The lowest BCUT2D eigenvalue weighted by Crippen LogP contribution is -2.19. The standard InChI is InChI=1S/C24H17Br2ClN2O/c25-16-3-9-19(10-4-16)28-22-14-23(29-20-11-5-17(26)6-12-20)24(30)21(22)13-15-1-7-18(27)8-2-15/h1-14,22,28-29H/b21-13+/t22-/m0/s1. The van der Waals surface area contributed by atoms with Crippen molar-refractivity contribution < 1.29 is 4.79 Å². The number of carbonyl (C=O) groups is 1. The molecule has 0 spiro atoms. The maximum Gasteiger partial charge on any atom is 0.207 e. The van der Waals surface area contributed by atoms with Crippen molar-refractivity contribution in [1.29, 1.82) is 0 Å². The SMILES string of the molecule is O=C1C(Nc2ccc(Br)cc2)=C[C@H](Nc2ccc(Br)cc2)/C1=C\c1ccc(Cl)cc1. The molecule has 0 unspecified atom stereocenters. The summed E-state index contributed by atoms with van der Waals surface area (Å²) in [6.45, 7) is 0. The molecule has 0 bridgehead atoms. The Morgan fingerprint density at radius 2 is 1.37 bits per heavy atom. The molecule has 1 aliphatic carbocycles. The van der Waals surface area contributed by atoms with E-state index in [0.29, 0.717) is 16.3 Å². The van der Waals surface area contributed by atoms with E-state index in [9.17, 15) is 4.79 Å². The summed E-state index contributed by atoms with van der Waals surface area (Å²) in [7, 11) is 0. The van der Waals surface area contributed by atoms with Gasteiger partial charge in [-0.1, -0.05) is 55.6 Å². The molecule has 0 radical (unpaired) electrons. The Balaban J connectivity index is 1.65. The molecule has 4 rings (SSSR count). The van der Waals surface area contributed by atoms with Crippen molar-refractivity contribution in [2.75, 3.05) is 10.6 Å². The van der Waals surface area contributed by atoms with Crippen molar-refractivity contribution >= 4 is 66.7 Å². The number of benzene rings is 3. The monoisotopic (exact) mass is 542 g/mol. The van der Waals surface area contributed by atoms with Gasteiger partial charge in [-0.05, 0) is 78.4 Å². The molecule has 150 valence electrons. The average Bonchev–Trinajstić information content (AvgIpc) is 3.02. The number of ketones is 1. The van der Waals surface area contributed by atoms with Gasteiger partial charge >= 0.3 is 0 Å². The smallest absolute Gasteiger partial charge is 0.207 e. The molecule has 0 amide bonds. The molecule has 1 aliphatic rings. The predicted octanol–water partition coefficient (Wildman–Crippen LogP) is 7.31. The molecule has 0 fully saturated rings. The van der Waals surface area contributed by atoms with Crippen LogP contribution < -0.4 is 10.6 Å². The van der Waals surface area contributed by atoms with E-state index in [1.54, 1.807) is 0 Å². The van der Waals surface area contributed by atoms with E-state index in [-0.39, 0.29) is 11.8 Å². The average molecular weight is 545 g/mol. The van der Waals surface area contributed by atoms with Gasteiger partial charge in [0, 0.05) is 30.9 Å². The Labute approximate surface area is 197 Å². The van der Waals surface area contributed by atoms with Crippen LogP contribution in [0.15, 0.2) is 99.1 Å². The molecule has 0 saturated heterocycles. The van der Waals surface area contributed by atoms with Gasteiger partial charge in [0.2, 0.25) is 5.78 Å². The molecule has 30 heavy (non-hydrogen) atoms. The summed E-state index contributed by atoms with van der Waals surface area (Å²) >= 11 is 12.9. The molecule has 3 nitrogen and oxygen atoms in total. The summed E-state index contributed by atoms with van der Waals surface area (Å²) in [4.78, 5) is 13.2. The molecule has 0 aromatic heterocycles. The molecular weight excluding hydrogens is 528 g/mol. The first-order chi connectivity index (χ1) is 14.5. The zero-order valence-electron chi connectivity index (χ0n) is 15.7. The van der Waals surface area contributed by atoms with Gasteiger partial charge in [0.05, 0.1) is 11.7 Å². The molecule has 0 heterocycles. The number of halogens is 3. The number of hydrogen-bond donors (Lipinski definition) is 2. The predicted molar refractivity (Wildman–Crippen MR) is 132 cm³/mol. The normalized spacial score (nSPS) is 17.2. The van der Waals surface area contributed by atoms with Crippen LogP contribution >= 0.6 is 43.5 Å². The van der Waals surface area contributed by atoms with Crippen LogP contribution in [-0.4, -0.2) is 11.8 Å². The third-order valence-electron chi connectivity index (χ3n) is 4.66. The second-order valence-corrected chi connectivity index (χ2v) is 9.09. The summed E-state index contributed by atoms with van der Waals surface area (Å²) in [5.74, 6) is -0.0394. The molecule has 3 aromatic rings. The summed E-state index contributed by atoms with van der Waals surface area (Å²) in [5.41, 5.74) is 3.92. The summed E-state index contributed by atoms with van der Waals surface area (Å²) in [6.07, 6.45) is 3.83. The largest absolute Gasteiger partial charge is 0.374 e. The highest BCUT2D eigenvalue weighted by molar-refractivity contribution is 9.10. The fourth-order valence-electron chi connectivity index (χ4n) is 3.16. The van der Waals surface area contributed by atoms with E-state index in [4.69, 9.17) is 11.6 Å². The van der Waals surface area contributed by atoms with Crippen LogP contribution in [0.5, 0.6) is 0 Å². The highest BCUT2D eigenvalue weighted by atomic mass is 79.9. The molecule has 2 N–H and O–H groups in total.